The molecule has 1 unspecified atom stereocenters. The largest absolute Gasteiger partial charge is 0.298 e. The van der Waals surface area contributed by atoms with E-state index in [0.717, 1.165) is 36.5 Å². The van der Waals surface area contributed by atoms with Gasteiger partial charge in [-0.2, -0.15) is 0 Å². The molecule has 1 fully saturated rings. The van der Waals surface area contributed by atoms with Gasteiger partial charge in [0.25, 0.3) is 0 Å². The summed E-state index contributed by atoms with van der Waals surface area (Å²) >= 11 is 7.64. The van der Waals surface area contributed by atoms with E-state index in [1.54, 1.807) is 18.0 Å². The van der Waals surface area contributed by atoms with Crippen molar-refractivity contribution in [3.63, 3.8) is 0 Å². The van der Waals surface area contributed by atoms with Crippen LogP contribution in [0.4, 0.5) is 0 Å². The molecule has 3 nitrogen and oxygen atoms in total. The summed E-state index contributed by atoms with van der Waals surface area (Å²) < 4.78 is 1.99. The van der Waals surface area contributed by atoms with Gasteiger partial charge < -0.3 is 0 Å². The lowest BCUT2D eigenvalue weighted by Crippen LogP contribution is -2.15. The van der Waals surface area contributed by atoms with Gasteiger partial charge in [-0.05, 0) is 31.0 Å². The van der Waals surface area contributed by atoms with Crippen LogP contribution in [-0.2, 0) is 4.79 Å². The maximum absolute atomic E-state index is 12.2. The molecule has 0 bridgehead atoms. The third-order valence-electron chi connectivity index (χ3n) is 3.69. The van der Waals surface area contributed by atoms with Crippen LogP contribution in [0.1, 0.15) is 32.1 Å². The number of ketones is 1. The van der Waals surface area contributed by atoms with Crippen LogP contribution in [-0.4, -0.2) is 20.6 Å². The Bertz CT molecular complexity index is 641. The summed E-state index contributed by atoms with van der Waals surface area (Å²) in [5.74, 6) is 0.359. The predicted octanol–water partition coefficient (Wildman–Crippen LogP) is 4.52. The standard InChI is InChI=1S/C16H17ClN2OS/c17-12-5-4-6-13(11-12)19-10-9-18-16(19)21-15-8-3-1-2-7-14(15)20/h4-6,9-11,15H,1-3,7-8H2. The molecule has 0 radical (unpaired) electrons. The van der Waals surface area contributed by atoms with E-state index in [1.807, 2.05) is 35.0 Å². The number of aromatic nitrogens is 2. The minimum atomic E-state index is 0.0350. The third kappa shape index (κ3) is 3.50. The van der Waals surface area contributed by atoms with Crippen LogP contribution in [0.3, 0.4) is 0 Å². The fourth-order valence-electron chi connectivity index (χ4n) is 2.58. The minimum Gasteiger partial charge on any atom is -0.298 e. The Hall–Kier alpha value is -1.26. The average Bonchev–Trinajstić information content (AvgIpc) is 2.84. The molecule has 0 aliphatic heterocycles. The summed E-state index contributed by atoms with van der Waals surface area (Å²) in [6.07, 6.45) is 8.65. The summed E-state index contributed by atoms with van der Waals surface area (Å²) in [5.41, 5.74) is 0.976. The van der Waals surface area contributed by atoms with E-state index in [-0.39, 0.29) is 5.25 Å². The molecule has 0 amide bonds. The van der Waals surface area contributed by atoms with Crippen molar-refractivity contribution in [1.29, 1.82) is 0 Å². The lowest BCUT2D eigenvalue weighted by molar-refractivity contribution is -0.118. The van der Waals surface area contributed by atoms with Gasteiger partial charge in [-0.25, -0.2) is 4.98 Å². The molecule has 2 aromatic rings. The molecule has 5 heteroatoms. The first-order valence-corrected chi connectivity index (χ1v) is 8.48. The highest BCUT2D eigenvalue weighted by molar-refractivity contribution is 8.00. The van der Waals surface area contributed by atoms with Crippen molar-refractivity contribution < 1.29 is 4.79 Å². The average molecular weight is 321 g/mol. The number of imidazole rings is 1. The number of carbonyl (C=O) groups excluding carboxylic acids is 1. The summed E-state index contributed by atoms with van der Waals surface area (Å²) in [5, 5.41) is 1.59. The first kappa shape index (κ1) is 14.7. The van der Waals surface area contributed by atoms with Gasteiger partial charge in [0.15, 0.2) is 5.16 Å². The fraction of sp³-hybridized carbons (Fsp3) is 0.375. The van der Waals surface area contributed by atoms with E-state index >= 15 is 0 Å². The van der Waals surface area contributed by atoms with Crippen molar-refractivity contribution in [3.8, 4) is 5.69 Å². The molecule has 110 valence electrons. The number of halogens is 1. The zero-order valence-corrected chi connectivity index (χ0v) is 13.2. The predicted molar refractivity (Wildman–Crippen MR) is 86.3 cm³/mol. The highest BCUT2D eigenvalue weighted by Gasteiger charge is 2.23. The number of rotatable bonds is 3. The second kappa shape index (κ2) is 6.67. The lowest BCUT2D eigenvalue weighted by atomic mass is 10.2. The van der Waals surface area contributed by atoms with Crippen LogP contribution >= 0.6 is 23.4 Å². The van der Waals surface area contributed by atoms with Gasteiger partial charge in [0.2, 0.25) is 0 Å². The van der Waals surface area contributed by atoms with Crippen LogP contribution in [0, 0.1) is 0 Å². The van der Waals surface area contributed by atoms with Crippen molar-refractivity contribution >= 4 is 29.1 Å². The van der Waals surface area contributed by atoms with E-state index in [0.29, 0.717) is 17.2 Å². The van der Waals surface area contributed by atoms with Gasteiger partial charge in [-0.3, -0.25) is 9.36 Å². The Morgan fingerprint density at radius 2 is 2.19 bits per heavy atom. The summed E-state index contributed by atoms with van der Waals surface area (Å²) in [6.45, 7) is 0. The molecule has 0 saturated heterocycles. The number of hydrogen-bond acceptors (Lipinski definition) is 3. The number of carbonyl (C=O) groups is 1. The van der Waals surface area contributed by atoms with Crippen molar-refractivity contribution in [1.82, 2.24) is 9.55 Å². The SMILES string of the molecule is O=C1CCCCCC1Sc1nccn1-c1cccc(Cl)c1. The summed E-state index contributed by atoms with van der Waals surface area (Å²) in [6, 6.07) is 7.67. The van der Waals surface area contributed by atoms with Crippen LogP contribution in [0.15, 0.2) is 41.8 Å². The van der Waals surface area contributed by atoms with Gasteiger partial charge in [-0.1, -0.05) is 42.3 Å². The van der Waals surface area contributed by atoms with Gasteiger partial charge in [0, 0.05) is 29.5 Å². The quantitative estimate of drug-likeness (QED) is 0.780. The normalized spacial score (nSPS) is 19.5. The molecular weight excluding hydrogens is 304 g/mol. The molecule has 1 heterocycles. The molecule has 0 N–H and O–H groups in total. The van der Waals surface area contributed by atoms with E-state index in [2.05, 4.69) is 4.98 Å². The molecule has 1 saturated carbocycles. The number of hydrogen-bond donors (Lipinski definition) is 0. The number of thioether (sulfide) groups is 1. The smallest absolute Gasteiger partial charge is 0.173 e. The van der Waals surface area contributed by atoms with Crippen molar-refractivity contribution in [2.24, 2.45) is 0 Å². The molecule has 21 heavy (non-hydrogen) atoms. The van der Waals surface area contributed by atoms with Gasteiger partial charge >= 0.3 is 0 Å². The highest BCUT2D eigenvalue weighted by Crippen LogP contribution is 2.31. The van der Waals surface area contributed by atoms with Crippen molar-refractivity contribution in [3.05, 3.63) is 41.7 Å². The van der Waals surface area contributed by atoms with E-state index in [9.17, 15) is 4.79 Å². The first-order chi connectivity index (χ1) is 10.2. The first-order valence-electron chi connectivity index (χ1n) is 7.23. The Morgan fingerprint density at radius 1 is 1.29 bits per heavy atom. The van der Waals surface area contributed by atoms with Crippen LogP contribution in [0.5, 0.6) is 0 Å². The molecule has 1 atom stereocenters. The molecule has 1 aliphatic carbocycles. The molecule has 0 spiro atoms. The maximum atomic E-state index is 12.2. The topological polar surface area (TPSA) is 34.9 Å². The van der Waals surface area contributed by atoms with Gasteiger partial charge in [-0.15, -0.1) is 0 Å². The van der Waals surface area contributed by atoms with E-state index in [4.69, 9.17) is 11.6 Å². The molecule has 1 aromatic heterocycles. The Labute approximate surface area is 133 Å². The summed E-state index contributed by atoms with van der Waals surface area (Å²) in [4.78, 5) is 16.6. The molecule has 3 rings (SSSR count). The molecule has 1 aliphatic rings. The number of benzene rings is 1. The van der Waals surface area contributed by atoms with Gasteiger partial charge in [0.05, 0.1) is 5.25 Å². The maximum Gasteiger partial charge on any atom is 0.173 e. The van der Waals surface area contributed by atoms with Gasteiger partial charge in [0.1, 0.15) is 5.78 Å². The molecule has 1 aromatic carbocycles. The highest BCUT2D eigenvalue weighted by atomic mass is 35.5. The van der Waals surface area contributed by atoms with Crippen molar-refractivity contribution in [2.75, 3.05) is 0 Å². The monoisotopic (exact) mass is 320 g/mol. The zero-order chi connectivity index (χ0) is 14.7. The molecular formula is C16H17ClN2OS. The fourth-order valence-corrected chi connectivity index (χ4v) is 3.95. The van der Waals surface area contributed by atoms with E-state index in [1.165, 1.54) is 0 Å². The third-order valence-corrected chi connectivity index (χ3v) is 5.22. The number of Topliss-reactive ketones (excluding diaryl/α,β-unsaturated/α-hetero) is 1. The Morgan fingerprint density at radius 3 is 3.05 bits per heavy atom. The van der Waals surface area contributed by atoms with Crippen LogP contribution < -0.4 is 0 Å². The van der Waals surface area contributed by atoms with Crippen molar-refractivity contribution in [2.45, 2.75) is 42.5 Å². The zero-order valence-electron chi connectivity index (χ0n) is 11.7. The second-order valence-electron chi connectivity index (χ2n) is 5.23. The number of nitrogens with zero attached hydrogens (tertiary/aromatic N) is 2. The van der Waals surface area contributed by atoms with E-state index < -0.39 is 0 Å². The Kier molecular flexibility index (Phi) is 4.66. The van der Waals surface area contributed by atoms with Crippen LogP contribution in [0.25, 0.3) is 5.69 Å². The summed E-state index contributed by atoms with van der Waals surface area (Å²) in [7, 11) is 0. The van der Waals surface area contributed by atoms with Crippen LogP contribution in [0.2, 0.25) is 5.02 Å². The Balaban J connectivity index is 1.84. The minimum absolute atomic E-state index is 0.0350. The second-order valence-corrected chi connectivity index (χ2v) is 6.84. The lowest BCUT2D eigenvalue weighted by Gasteiger charge is -2.13.